The molecule has 2 atom stereocenters. The summed E-state index contributed by atoms with van der Waals surface area (Å²) in [6.07, 6.45) is 2.42. The Kier molecular flexibility index (Phi) is 8.73. The highest BCUT2D eigenvalue weighted by Crippen LogP contribution is 2.11. The van der Waals surface area contributed by atoms with Crippen molar-refractivity contribution in [1.82, 2.24) is 4.90 Å². The molecule has 0 aromatic heterocycles. The SMILES string of the molecule is CCSCCC(CN)N(C)C(C)CC. The zero-order chi connectivity index (χ0) is 11.0. The monoisotopic (exact) mass is 218 g/mol. The average Bonchev–Trinajstić information content (AvgIpc) is 2.22. The molecule has 2 nitrogen and oxygen atoms in total. The smallest absolute Gasteiger partial charge is 0.0226 e. The lowest BCUT2D eigenvalue weighted by Crippen LogP contribution is -2.43. The highest BCUT2D eigenvalue weighted by molar-refractivity contribution is 7.99. The summed E-state index contributed by atoms with van der Waals surface area (Å²) in [5, 5.41) is 0. The fraction of sp³-hybridized carbons (Fsp3) is 1.00. The molecule has 0 bridgehead atoms. The van der Waals surface area contributed by atoms with Crippen LogP contribution in [0.2, 0.25) is 0 Å². The normalized spacial score (nSPS) is 15.9. The van der Waals surface area contributed by atoms with E-state index >= 15 is 0 Å². The predicted octanol–water partition coefficient (Wildman–Crippen LogP) is 2.19. The predicted molar refractivity (Wildman–Crippen MR) is 68.0 cm³/mol. The maximum Gasteiger partial charge on any atom is 0.0226 e. The Bertz CT molecular complexity index is 130. The highest BCUT2D eigenvalue weighted by Gasteiger charge is 2.16. The van der Waals surface area contributed by atoms with Crippen LogP contribution in [0.5, 0.6) is 0 Å². The van der Waals surface area contributed by atoms with Gasteiger partial charge in [-0.05, 0) is 38.3 Å². The van der Waals surface area contributed by atoms with Crippen molar-refractivity contribution in [3.63, 3.8) is 0 Å². The molecule has 0 aliphatic carbocycles. The van der Waals surface area contributed by atoms with Crippen molar-refractivity contribution in [3.05, 3.63) is 0 Å². The maximum absolute atomic E-state index is 5.80. The quantitative estimate of drug-likeness (QED) is 0.633. The highest BCUT2D eigenvalue weighted by atomic mass is 32.2. The topological polar surface area (TPSA) is 29.3 Å². The van der Waals surface area contributed by atoms with Crippen LogP contribution in [0.25, 0.3) is 0 Å². The fourth-order valence-electron chi connectivity index (χ4n) is 1.50. The molecule has 0 aliphatic rings. The first-order valence-corrected chi connectivity index (χ1v) is 6.82. The van der Waals surface area contributed by atoms with Crippen LogP contribution < -0.4 is 5.73 Å². The summed E-state index contributed by atoms with van der Waals surface area (Å²) in [7, 11) is 2.20. The van der Waals surface area contributed by atoms with Gasteiger partial charge >= 0.3 is 0 Å². The molecule has 0 heterocycles. The van der Waals surface area contributed by atoms with E-state index in [1.165, 1.54) is 24.3 Å². The summed E-state index contributed by atoms with van der Waals surface area (Å²) in [4.78, 5) is 2.43. The van der Waals surface area contributed by atoms with E-state index in [2.05, 4.69) is 32.7 Å². The van der Waals surface area contributed by atoms with Gasteiger partial charge in [-0.15, -0.1) is 0 Å². The van der Waals surface area contributed by atoms with E-state index in [0.29, 0.717) is 12.1 Å². The third-order valence-electron chi connectivity index (χ3n) is 2.93. The summed E-state index contributed by atoms with van der Waals surface area (Å²) < 4.78 is 0. The molecule has 14 heavy (non-hydrogen) atoms. The van der Waals surface area contributed by atoms with Gasteiger partial charge in [0.2, 0.25) is 0 Å². The van der Waals surface area contributed by atoms with Crippen LogP contribution in [-0.2, 0) is 0 Å². The molecule has 0 aliphatic heterocycles. The average molecular weight is 218 g/mol. The van der Waals surface area contributed by atoms with E-state index in [4.69, 9.17) is 5.73 Å². The van der Waals surface area contributed by atoms with Crippen molar-refractivity contribution < 1.29 is 0 Å². The summed E-state index contributed by atoms with van der Waals surface area (Å²) in [5.41, 5.74) is 5.80. The minimum Gasteiger partial charge on any atom is -0.329 e. The van der Waals surface area contributed by atoms with Gasteiger partial charge in [-0.2, -0.15) is 11.8 Å². The maximum atomic E-state index is 5.80. The number of hydrogen-bond acceptors (Lipinski definition) is 3. The first kappa shape index (κ1) is 14.3. The third-order valence-corrected chi connectivity index (χ3v) is 3.87. The van der Waals surface area contributed by atoms with Crippen molar-refractivity contribution in [2.75, 3.05) is 25.1 Å². The van der Waals surface area contributed by atoms with Crippen LogP contribution in [-0.4, -0.2) is 42.1 Å². The Labute approximate surface area is 93.6 Å². The molecule has 0 amide bonds. The van der Waals surface area contributed by atoms with Gasteiger partial charge in [0.25, 0.3) is 0 Å². The molecular weight excluding hydrogens is 192 g/mol. The largest absolute Gasteiger partial charge is 0.329 e. The molecule has 0 rings (SSSR count). The van der Waals surface area contributed by atoms with Gasteiger partial charge in [-0.25, -0.2) is 0 Å². The molecule has 0 saturated heterocycles. The Morgan fingerprint density at radius 2 is 2.00 bits per heavy atom. The number of hydrogen-bond donors (Lipinski definition) is 1. The van der Waals surface area contributed by atoms with Crippen LogP contribution in [0.3, 0.4) is 0 Å². The summed E-state index contributed by atoms with van der Waals surface area (Å²) in [5.74, 6) is 2.45. The van der Waals surface area contributed by atoms with Gasteiger partial charge in [0.05, 0.1) is 0 Å². The zero-order valence-corrected chi connectivity index (χ0v) is 10.9. The lowest BCUT2D eigenvalue weighted by molar-refractivity contribution is 0.180. The van der Waals surface area contributed by atoms with Gasteiger partial charge < -0.3 is 5.73 Å². The summed E-state index contributed by atoms with van der Waals surface area (Å²) in [6, 6.07) is 1.21. The molecule has 3 heteroatoms. The number of nitrogens with zero attached hydrogens (tertiary/aromatic N) is 1. The van der Waals surface area contributed by atoms with Gasteiger partial charge in [-0.3, -0.25) is 4.90 Å². The number of thioether (sulfide) groups is 1. The van der Waals surface area contributed by atoms with Crippen LogP contribution in [0.1, 0.15) is 33.6 Å². The van der Waals surface area contributed by atoms with E-state index in [0.717, 1.165) is 6.54 Å². The second kappa shape index (κ2) is 8.57. The lowest BCUT2D eigenvalue weighted by Gasteiger charge is -2.31. The van der Waals surface area contributed by atoms with Gasteiger partial charge in [-0.1, -0.05) is 13.8 Å². The van der Waals surface area contributed by atoms with Crippen molar-refractivity contribution in [2.45, 2.75) is 45.7 Å². The third kappa shape index (κ3) is 5.23. The van der Waals surface area contributed by atoms with Gasteiger partial charge in [0.15, 0.2) is 0 Å². The standard InChI is InChI=1S/C11H26N2S/c1-5-10(3)13(4)11(9-12)7-8-14-6-2/h10-11H,5-9,12H2,1-4H3. The molecule has 0 spiro atoms. The number of nitrogens with two attached hydrogens (primary N) is 1. The molecule has 86 valence electrons. The molecule has 0 saturated carbocycles. The van der Waals surface area contributed by atoms with Gasteiger partial charge in [0.1, 0.15) is 0 Å². The van der Waals surface area contributed by atoms with Crippen LogP contribution in [0.4, 0.5) is 0 Å². The first-order chi connectivity index (χ1) is 6.67. The fourth-order valence-corrected chi connectivity index (χ4v) is 2.23. The molecule has 0 aromatic rings. The minimum atomic E-state index is 0.559. The van der Waals surface area contributed by atoms with Crippen molar-refractivity contribution in [3.8, 4) is 0 Å². The van der Waals surface area contributed by atoms with E-state index in [1.807, 2.05) is 11.8 Å². The molecule has 2 unspecified atom stereocenters. The van der Waals surface area contributed by atoms with Crippen molar-refractivity contribution >= 4 is 11.8 Å². The molecule has 0 fully saturated rings. The number of likely N-dealkylation sites (N-methyl/N-ethyl adjacent to an activating group) is 1. The van der Waals surface area contributed by atoms with Crippen LogP contribution >= 0.6 is 11.8 Å². The Morgan fingerprint density at radius 1 is 1.36 bits per heavy atom. The molecular formula is C11H26N2S. The number of rotatable bonds is 8. The lowest BCUT2D eigenvalue weighted by atomic mass is 10.1. The Morgan fingerprint density at radius 3 is 2.43 bits per heavy atom. The minimum absolute atomic E-state index is 0.559. The molecule has 0 radical (unpaired) electrons. The van der Waals surface area contributed by atoms with E-state index in [-0.39, 0.29) is 0 Å². The zero-order valence-electron chi connectivity index (χ0n) is 10.1. The van der Waals surface area contributed by atoms with Crippen LogP contribution in [0.15, 0.2) is 0 Å². The second-order valence-corrected chi connectivity index (χ2v) is 5.19. The van der Waals surface area contributed by atoms with E-state index in [1.54, 1.807) is 0 Å². The van der Waals surface area contributed by atoms with Crippen LogP contribution in [0, 0.1) is 0 Å². The Balaban J connectivity index is 3.85. The molecule has 2 N–H and O–H groups in total. The van der Waals surface area contributed by atoms with Crippen molar-refractivity contribution in [1.29, 1.82) is 0 Å². The first-order valence-electron chi connectivity index (χ1n) is 5.67. The summed E-state index contributed by atoms with van der Waals surface area (Å²) >= 11 is 2.01. The van der Waals surface area contributed by atoms with Gasteiger partial charge in [0, 0.05) is 18.6 Å². The van der Waals surface area contributed by atoms with E-state index in [9.17, 15) is 0 Å². The Hall–Kier alpha value is 0.270. The summed E-state index contributed by atoms with van der Waals surface area (Å²) in [6.45, 7) is 7.50. The molecule has 0 aromatic carbocycles. The second-order valence-electron chi connectivity index (χ2n) is 3.80. The van der Waals surface area contributed by atoms with Crippen molar-refractivity contribution in [2.24, 2.45) is 5.73 Å². The van der Waals surface area contributed by atoms with E-state index < -0.39 is 0 Å².